The van der Waals surface area contributed by atoms with Crippen molar-refractivity contribution in [1.82, 2.24) is 4.98 Å². The van der Waals surface area contributed by atoms with Crippen LogP contribution in [0.15, 0.2) is 71.6 Å². The SMILES string of the molecule is COc1cccc2c1nc1ccccc1[n+]2-c1ccccc1S(=O)(=O)O. The van der Waals surface area contributed by atoms with Crippen molar-refractivity contribution in [1.29, 1.82) is 0 Å². The Hall–Kier alpha value is -3.03. The van der Waals surface area contributed by atoms with Crippen molar-refractivity contribution in [2.45, 2.75) is 4.90 Å². The lowest BCUT2D eigenvalue weighted by Gasteiger charge is -2.09. The topological polar surface area (TPSA) is 80.4 Å². The zero-order valence-corrected chi connectivity index (χ0v) is 14.6. The lowest BCUT2D eigenvalue weighted by molar-refractivity contribution is -0.541. The van der Waals surface area contributed by atoms with E-state index >= 15 is 0 Å². The summed E-state index contributed by atoms with van der Waals surface area (Å²) >= 11 is 0. The van der Waals surface area contributed by atoms with Gasteiger partial charge >= 0.3 is 10.1 Å². The van der Waals surface area contributed by atoms with E-state index in [0.717, 1.165) is 0 Å². The minimum Gasteiger partial charge on any atom is -0.494 e. The van der Waals surface area contributed by atoms with Crippen molar-refractivity contribution in [2.75, 3.05) is 7.11 Å². The van der Waals surface area contributed by atoms with Crippen LogP contribution in [0.25, 0.3) is 27.8 Å². The number of rotatable bonds is 3. The minimum atomic E-state index is -4.41. The fourth-order valence-electron chi connectivity index (χ4n) is 3.09. The van der Waals surface area contributed by atoms with Crippen LogP contribution in [0.5, 0.6) is 5.75 Å². The van der Waals surface area contributed by atoms with Crippen LogP contribution in [-0.2, 0) is 10.1 Å². The number of hydrogen-bond acceptors (Lipinski definition) is 4. The summed E-state index contributed by atoms with van der Waals surface area (Å²) in [5.74, 6) is 0.575. The summed E-state index contributed by atoms with van der Waals surface area (Å²) in [6.45, 7) is 0. The molecule has 0 aliphatic carbocycles. The largest absolute Gasteiger partial charge is 0.494 e. The normalized spacial score (nSPS) is 11.8. The van der Waals surface area contributed by atoms with Crippen LogP contribution < -0.4 is 9.30 Å². The zero-order valence-electron chi connectivity index (χ0n) is 13.8. The van der Waals surface area contributed by atoms with Gasteiger partial charge in [0.2, 0.25) is 16.7 Å². The first-order chi connectivity index (χ1) is 12.5. The van der Waals surface area contributed by atoms with Gasteiger partial charge in [-0.15, -0.1) is 4.57 Å². The summed E-state index contributed by atoms with van der Waals surface area (Å²) in [7, 11) is -2.85. The van der Waals surface area contributed by atoms with E-state index in [1.165, 1.54) is 6.07 Å². The summed E-state index contributed by atoms with van der Waals surface area (Å²) in [6.07, 6.45) is 0. The standard InChI is InChI=1S/C19H14N2O4S/c1-25-17-11-6-10-16-19(17)20-13-7-2-3-8-14(13)21(16)15-9-4-5-12-18(15)26(22,23)24/h2-12H,1H3/p+1. The van der Waals surface area contributed by atoms with E-state index in [9.17, 15) is 13.0 Å². The fraction of sp³-hybridized carbons (Fsp3) is 0.0526. The molecule has 130 valence electrons. The molecule has 1 N–H and O–H groups in total. The lowest BCUT2D eigenvalue weighted by Crippen LogP contribution is -2.35. The molecule has 4 rings (SSSR count). The Balaban J connectivity index is 2.26. The van der Waals surface area contributed by atoms with Gasteiger partial charge in [-0.2, -0.15) is 8.42 Å². The molecule has 26 heavy (non-hydrogen) atoms. The average molecular weight is 367 g/mol. The molecule has 1 heterocycles. The summed E-state index contributed by atoms with van der Waals surface area (Å²) in [5, 5.41) is 0. The Kier molecular flexibility index (Phi) is 3.82. The number of fused-ring (bicyclic) bond motifs is 2. The molecule has 7 heteroatoms. The highest BCUT2D eigenvalue weighted by Crippen LogP contribution is 2.26. The Morgan fingerprint density at radius 2 is 1.62 bits per heavy atom. The molecule has 0 saturated heterocycles. The molecule has 0 radical (unpaired) electrons. The summed E-state index contributed by atoms with van der Waals surface area (Å²) in [6, 6.07) is 19.1. The second-order valence-electron chi connectivity index (χ2n) is 5.71. The molecule has 1 aromatic heterocycles. The molecular formula is C19H15N2O4S+. The fourth-order valence-corrected chi connectivity index (χ4v) is 3.76. The van der Waals surface area contributed by atoms with Gasteiger partial charge in [-0.3, -0.25) is 4.55 Å². The predicted octanol–water partition coefficient (Wildman–Crippen LogP) is 2.92. The van der Waals surface area contributed by atoms with Crippen LogP contribution in [0.1, 0.15) is 0 Å². The number of ether oxygens (including phenoxy) is 1. The average Bonchev–Trinajstić information content (AvgIpc) is 2.65. The highest BCUT2D eigenvalue weighted by Gasteiger charge is 2.27. The van der Waals surface area contributed by atoms with Crippen molar-refractivity contribution in [3.63, 3.8) is 0 Å². The molecule has 0 spiro atoms. The highest BCUT2D eigenvalue weighted by atomic mass is 32.2. The Bertz CT molecular complexity index is 1250. The molecule has 0 amide bonds. The van der Waals surface area contributed by atoms with E-state index in [-0.39, 0.29) is 4.90 Å². The molecule has 0 saturated carbocycles. The van der Waals surface area contributed by atoms with E-state index in [1.807, 2.05) is 36.4 Å². The van der Waals surface area contributed by atoms with Crippen LogP contribution in [0.2, 0.25) is 0 Å². The van der Waals surface area contributed by atoms with Crippen molar-refractivity contribution in [2.24, 2.45) is 0 Å². The predicted molar refractivity (Wildman–Crippen MR) is 97.1 cm³/mol. The first-order valence-corrected chi connectivity index (χ1v) is 9.29. The van der Waals surface area contributed by atoms with Crippen LogP contribution in [-0.4, -0.2) is 25.1 Å². The molecule has 4 aromatic rings. The molecule has 0 fully saturated rings. The number of hydrogen-bond donors (Lipinski definition) is 1. The first kappa shape index (κ1) is 16.4. The first-order valence-electron chi connectivity index (χ1n) is 7.85. The van der Waals surface area contributed by atoms with Crippen molar-refractivity contribution in [3.05, 3.63) is 66.7 Å². The van der Waals surface area contributed by atoms with Gasteiger partial charge in [0, 0.05) is 18.2 Å². The molecule has 0 unspecified atom stereocenters. The van der Waals surface area contributed by atoms with E-state index in [0.29, 0.717) is 33.5 Å². The van der Waals surface area contributed by atoms with Crippen LogP contribution in [0.3, 0.4) is 0 Å². The molecule has 3 aromatic carbocycles. The van der Waals surface area contributed by atoms with E-state index < -0.39 is 10.1 Å². The molecule has 0 aliphatic heterocycles. The zero-order chi connectivity index (χ0) is 18.3. The number of benzene rings is 3. The van der Waals surface area contributed by atoms with Gasteiger partial charge in [0.1, 0.15) is 5.52 Å². The Labute approximate surface area is 150 Å². The maximum absolute atomic E-state index is 11.9. The van der Waals surface area contributed by atoms with Crippen molar-refractivity contribution < 1.29 is 22.3 Å². The monoisotopic (exact) mass is 367 g/mol. The number of nitrogens with zero attached hydrogens (tertiary/aromatic N) is 2. The summed E-state index contributed by atoms with van der Waals surface area (Å²) in [5.41, 5.74) is 2.99. The Morgan fingerprint density at radius 1 is 0.923 bits per heavy atom. The molecule has 0 bridgehead atoms. The van der Waals surface area contributed by atoms with Gasteiger partial charge in [-0.25, -0.2) is 4.98 Å². The molecule has 0 atom stereocenters. The summed E-state index contributed by atoms with van der Waals surface area (Å²) in [4.78, 5) is 4.49. The maximum Gasteiger partial charge on any atom is 0.301 e. The molecular weight excluding hydrogens is 352 g/mol. The minimum absolute atomic E-state index is 0.175. The second-order valence-corrected chi connectivity index (χ2v) is 7.10. The van der Waals surface area contributed by atoms with Gasteiger partial charge in [-0.1, -0.05) is 30.3 Å². The number of aromatic nitrogens is 2. The van der Waals surface area contributed by atoms with Crippen LogP contribution >= 0.6 is 0 Å². The lowest BCUT2D eigenvalue weighted by atomic mass is 10.2. The van der Waals surface area contributed by atoms with Gasteiger partial charge in [0.05, 0.1) is 7.11 Å². The van der Waals surface area contributed by atoms with Crippen molar-refractivity contribution in [3.8, 4) is 11.4 Å². The van der Waals surface area contributed by atoms with Gasteiger partial charge < -0.3 is 4.74 Å². The van der Waals surface area contributed by atoms with Crippen LogP contribution in [0.4, 0.5) is 0 Å². The van der Waals surface area contributed by atoms with E-state index in [4.69, 9.17) is 4.74 Å². The third-order valence-electron chi connectivity index (χ3n) is 4.18. The highest BCUT2D eigenvalue weighted by molar-refractivity contribution is 7.86. The second kappa shape index (κ2) is 6.05. The summed E-state index contributed by atoms with van der Waals surface area (Å²) < 4.78 is 40.7. The van der Waals surface area contributed by atoms with Gasteiger partial charge in [0.15, 0.2) is 16.2 Å². The van der Waals surface area contributed by atoms with E-state index in [2.05, 4.69) is 4.98 Å². The Morgan fingerprint density at radius 3 is 2.38 bits per heavy atom. The smallest absolute Gasteiger partial charge is 0.301 e. The maximum atomic E-state index is 11.9. The van der Waals surface area contributed by atoms with Gasteiger partial charge in [0.25, 0.3) is 0 Å². The number of para-hydroxylation sites is 4. The van der Waals surface area contributed by atoms with E-state index in [1.54, 1.807) is 35.9 Å². The molecule has 0 aliphatic rings. The quantitative estimate of drug-likeness (QED) is 0.342. The third-order valence-corrected chi connectivity index (χ3v) is 5.08. The van der Waals surface area contributed by atoms with Gasteiger partial charge in [-0.05, 0) is 18.2 Å². The number of methoxy groups -OCH3 is 1. The third kappa shape index (κ3) is 2.58. The molecule has 6 nitrogen and oxygen atoms in total. The van der Waals surface area contributed by atoms with Crippen LogP contribution in [0, 0.1) is 0 Å². The van der Waals surface area contributed by atoms with Crippen molar-refractivity contribution >= 4 is 32.2 Å².